The van der Waals surface area contributed by atoms with Crippen LogP contribution in [0, 0.1) is 6.92 Å². The lowest BCUT2D eigenvalue weighted by atomic mass is 10.0. The molecule has 5 rings (SSSR count). The average Bonchev–Trinajstić information content (AvgIpc) is 3.56. The minimum absolute atomic E-state index is 0.683. The molecule has 0 aliphatic rings. The van der Waals surface area contributed by atoms with Gasteiger partial charge in [-0.15, -0.1) is 11.3 Å². The number of aryl methyl sites for hydroxylation is 1. The van der Waals surface area contributed by atoms with Crippen LogP contribution in [0.4, 0.5) is 0 Å². The number of hydrogen-bond donors (Lipinski definition) is 2. The number of nitrogens with zero attached hydrogens (tertiary/aromatic N) is 3. The first-order valence-electron chi connectivity index (χ1n) is 10.6. The van der Waals surface area contributed by atoms with Gasteiger partial charge in [-0.3, -0.25) is 10.1 Å². The lowest BCUT2D eigenvalue weighted by Gasteiger charge is -2.04. The molecule has 0 amide bonds. The second-order valence-corrected chi connectivity index (χ2v) is 9.00. The molecule has 2 N–H and O–H groups in total. The van der Waals surface area contributed by atoms with Gasteiger partial charge in [0.25, 0.3) is 0 Å². The predicted octanol–water partition coefficient (Wildman–Crippen LogP) is 7.04. The number of rotatable bonds is 6. The first-order chi connectivity index (χ1) is 16.0. The molecule has 0 aliphatic heterocycles. The van der Waals surface area contributed by atoms with Crippen LogP contribution in [0.25, 0.3) is 44.7 Å². The van der Waals surface area contributed by atoms with Crippen LogP contribution < -0.4 is 0 Å². The first-order valence-corrected chi connectivity index (χ1v) is 11.4. The van der Waals surface area contributed by atoms with Gasteiger partial charge in [-0.2, -0.15) is 5.10 Å². The molecule has 6 heteroatoms. The van der Waals surface area contributed by atoms with Gasteiger partial charge in [-0.25, -0.2) is 4.98 Å². The maximum absolute atomic E-state index is 4.56. The molecule has 0 spiro atoms. The fourth-order valence-electron chi connectivity index (χ4n) is 3.91. The van der Waals surface area contributed by atoms with Gasteiger partial charge in [-0.05, 0) is 61.4 Å². The molecule has 0 saturated heterocycles. The highest BCUT2D eigenvalue weighted by Gasteiger charge is 2.17. The van der Waals surface area contributed by atoms with Crippen molar-refractivity contribution in [3.05, 3.63) is 101 Å². The molecule has 5 heterocycles. The Kier molecular flexibility index (Phi) is 5.36. The summed E-state index contributed by atoms with van der Waals surface area (Å²) in [5.41, 5.74) is 9.04. The molecule has 0 aromatic carbocycles. The van der Waals surface area contributed by atoms with Gasteiger partial charge in [0.1, 0.15) is 0 Å². The summed E-state index contributed by atoms with van der Waals surface area (Å²) in [6, 6.07) is 12.5. The van der Waals surface area contributed by atoms with E-state index in [1.165, 1.54) is 9.75 Å². The smallest absolute Gasteiger partial charge is 0.181 e. The molecule has 5 nitrogen and oxygen atoms in total. The van der Waals surface area contributed by atoms with E-state index < -0.39 is 0 Å². The topological polar surface area (TPSA) is 70.2 Å². The van der Waals surface area contributed by atoms with Crippen LogP contribution in [0.15, 0.2) is 80.3 Å². The lowest BCUT2D eigenvalue weighted by molar-refractivity contribution is 1.09. The molecule has 0 aliphatic carbocycles. The maximum atomic E-state index is 4.56. The van der Waals surface area contributed by atoms with Gasteiger partial charge < -0.3 is 4.98 Å². The summed E-state index contributed by atoms with van der Waals surface area (Å²) in [7, 11) is 0. The largest absolute Gasteiger partial charge is 0.357 e. The zero-order valence-corrected chi connectivity index (χ0v) is 19.3. The Bertz CT molecular complexity index is 1510. The minimum atomic E-state index is 0.683. The Labute approximate surface area is 196 Å². The number of thiophene rings is 1. The molecule has 0 fully saturated rings. The highest BCUT2D eigenvalue weighted by molar-refractivity contribution is 7.14. The van der Waals surface area contributed by atoms with Gasteiger partial charge in [0.2, 0.25) is 0 Å². The number of H-pyrrole nitrogens is 2. The van der Waals surface area contributed by atoms with E-state index in [-0.39, 0.29) is 0 Å². The van der Waals surface area contributed by atoms with Crippen molar-refractivity contribution in [2.75, 3.05) is 0 Å². The number of fused-ring (bicyclic) bond motifs is 1. The van der Waals surface area contributed by atoms with Crippen molar-refractivity contribution in [2.24, 2.45) is 0 Å². The molecule has 0 atom stereocenters. The zero-order chi connectivity index (χ0) is 22.9. The Balaban J connectivity index is 1.59. The molecule has 0 bridgehead atoms. The standard InChI is InChI=1S/C27H23N5S/c1-5-6-20(25-8-7-24(33-25)16(2)3)21-14-23(30-17(21)4)26-22-13-19(15-29-27(22)32-31-26)18-9-11-28-12-10-18/h5-15,30H,1-2H2,3-4H3,(H,29,31,32)/b20-6+. The van der Waals surface area contributed by atoms with E-state index in [4.69, 9.17) is 0 Å². The van der Waals surface area contributed by atoms with Crippen molar-refractivity contribution >= 4 is 33.5 Å². The number of allylic oxidation sites excluding steroid dienone is 3. The van der Waals surface area contributed by atoms with E-state index >= 15 is 0 Å². The third-order valence-corrected chi connectivity index (χ3v) is 6.85. The summed E-state index contributed by atoms with van der Waals surface area (Å²) in [6.07, 6.45) is 9.30. The fourth-order valence-corrected chi connectivity index (χ4v) is 4.89. The predicted molar refractivity (Wildman–Crippen MR) is 138 cm³/mol. The summed E-state index contributed by atoms with van der Waals surface area (Å²) in [5, 5.41) is 8.56. The molecule has 5 aromatic rings. The monoisotopic (exact) mass is 449 g/mol. The van der Waals surface area contributed by atoms with Gasteiger partial charge >= 0.3 is 0 Å². The first kappa shape index (κ1) is 20.8. The number of nitrogens with one attached hydrogen (secondary N) is 2. The van der Waals surface area contributed by atoms with Crippen molar-refractivity contribution in [3.8, 4) is 22.5 Å². The normalized spacial score (nSPS) is 11.8. The molecule has 0 radical (unpaired) electrons. The number of hydrogen-bond acceptors (Lipinski definition) is 4. The van der Waals surface area contributed by atoms with Gasteiger partial charge in [0, 0.05) is 56.1 Å². The van der Waals surface area contributed by atoms with Crippen molar-refractivity contribution in [2.45, 2.75) is 13.8 Å². The number of aromatic amines is 2. The molecule has 0 saturated carbocycles. The van der Waals surface area contributed by atoms with E-state index in [1.54, 1.807) is 23.7 Å². The van der Waals surface area contributed by atoms with E-state index in [0.29, 0.717) is 5.65 Å². The Morgan fingerprint density at radius 3 is 2.58 bits per heavy atom. The van der Waals surface area contributed by atoms with Gasteiger partial charge in [-0.1, -0.05) is 25.3 Å². The molecular formula is C27H23N5S. The Hall–Kier alpha value is -4.03. The lowest BCUT2D eigenvalue weighted by Crippen LogP contribution is -1.85. The highest BCUT2D eigenvalue weighted by atomic mass is 32.1. The summed E-state index contributed by atoms with van der Waals surface area (Å²) in [5.74, 6) is 0. The molecule has 5 aromatic heterocycles. The van der Waals surface area contributed by atoms with E-state index in [0.717, 1.165) is 50.3 Å². The second-order valence-electron chi connectivity index (χ2n) is 7.91. The molecule has 0 unspecified atom stereocenters. The number of pyridine rings is 2. The average molecular weight is 450 g/mol. The Morgan fingerprint density at radius 1 is 1.06 bits per heavy atom. The van der Waals surface area contributed by atoms with Crippen molar-refractivity contribution < 1.29 is 0 Å². The van der Waals surface area contributed by atoms with Gasteiger partial charge in [0.05, 0.1) is 11.4 Å². The number of aromatic nitrogens is 5. The van der Waals surface area contributed by atoms with Crippen LogP contribution in [0.2, 0.25) is 0 Å². The quantitative estimate of drug-likeness (QED) is 0.273. The third-order valence-electron chi connectivity index (χ3n) is 5.57. The van der Waals surface area contributed by atoms with E-state index in [9.17, 15) is 0 Å². The second kappa shape index (κ2) is 8.48. The van der Waals surface area contributed by atoms with Crippen LogP contribution in [0.5, 0.6) is 0 Å². The van der Waals surface area contributed by atoms with Crippen LogP contribution in [-0.4, -0.2) is 25.1 Å². The SMILES string of the molecule is C=C/C=C(/c1ccc(C(=C)C)s1)c1cc(-c2[nH]nc3ncc(-c4ccncc4)cc23)[nH]c1C. The van der Waals surface area contributed by atoms with Crippen molar-refractivity contribution in [3.63, 3.8) is 0 Å². The molecule has 33 heavy (non-hydrogen) atoms. The van der Waals surface area contributed by atoms with Crippen LogP contribution >= 0.6 is 11.3 Å². The Morgan fingerprint density at radius 2 is 1.85 bits per heavy atom. The highest BCUT2D eigenvalue weighted by Crippen LogP contribution is 2.36. The van der Waals surface area contributed by atoms with Crippen molar-refractivity contribution in [1.82, 2.24) is 25.1 Å². The van der Waals surface area contributed by atoms with Crippen molar-refractivity contribution in [1.29, 1.82) is 0 Å². The van der Waals surface area contributed by atoms with Gasteiger partial charge in [0.15, 0.2) is 5.65 Å². The summed E-state index contributed by atoms with van der Waals surface area (Å²) < 4.78 is 0. The third kappa shape index (κ3) is 3.85. The van der Waals surface area contributed by atoms with Crippen LogP contribution in [-0.2, 0) is 0 Å². The fraction of sp³-hybridized carbons (Fsp3) is 0.0741. The maximum Gasteiger partial charge on any atom is 0.181 e. The van der Waals surface area contributed by atoms with Crippen LogP contribution in [0.1, 0.15) is 27.9 Å². The molecule has 162 valence electrons. The zero-order valence-electron chi connectivity index (χ0n) is 18.5. The van der Waals surface area contributed by atoms with E-state index in [1.807, 2.05) is 31.3 Å². The van der Waals surface area contributed by atoms with Crippen LogP contribution in [0.3, 0.4) is 0 Å². The summed E-state index contributed by atoms with van der Waals surface area (Å²) in [6.45, 7) is 12.1. The summed E-state index contributed by atoms with van der Waals surface area (Å²) in [4.78, 5) is 14.6. The van der Waals surface area contributed by atoms with E-state index in [2.05, 4.69) is 75.6 Å². The molecular weight excluding hydrogens is 426 g/mol. The summed E-state index contributed by atoms with van der Waals surface area (Å²) >= 11 is 1.74. The minimum Gasteiger partial charge on any atom is -0.357 e.